The molecule has 4 nitrogen and oxygen atoms in total. The first-order valence-corrected chi connectivity index (χ1v) is 9.84. The van der Waals surface area contributed by atoms with Crippen LogP contribution in [0.4, 0.5) is 4.39 Å². The quantitative estimate of drug-likeness (QED) is 0.773. The van der Waals surface area contributed by atoms with Crippen molar-refractivity contribution in [3.63, 3.8) is 0 Å². The summed E-state index contributed by atoms with van der Waals surface area (Å²) >= 11 is 1.42. The number of aryl methyl sites for hydroxylation is 1. The summed E-state index contributed by atoms with van der Waals surface area (Å²) in [6.07, 6.45) is 5.59. The van der Waals surface area contributed by atoms with Crippen LogP contribution in [-0.4, -0.2) is 28.8 Å². The molecule has 0 unspecified atom stereocenters. The first kappa shape index (κ1) is 18.7. The molecule has 0 bridgehead atoms. The van der Waals surface area contributed by atoms with E-state index < -0.39 is 0 Å². The molecule has 1 amide bonds. The number of nitrogens with one attached hydrogen (secondary N) is 1. The monoisotopic (exact) mass is 374 g/mol. The number of rotatable bonds is 6. The van der Waals surface area contributed by atoms with Gasteiger partial charge < -0.3 is 10.1 Å². The van der Waals surface area contributed by atoms with Gasteiger partial charge in [-0.2, -0.15) is 0 Å². The van der Waals surface area contributed by atoms with Gasteiger partial charge in [-0.3, -0.25) is 4.79 Å². The van der Waals surface area contributed by atoms with Crippen molar-refractivity contribution in [3.8, 4) is 5.88 Å². The van der Waals surface area contributed by atoms with Crippen molar-refractivity contribution in [1.29, 1.82) is 0 Å². The van der Waals surface area contributed by atoms with Crippen molar-refractivity contribution in [2.24, 2.45) is 0 Å². The third kappa shape index (κ3) is 5.73. The van der Waals surface area contributed by atoms with Crippen LogP contribution in [0.15, 0.2) is 47.5 Å². The lowest BCUT2D eigenvalue weighted by atomic mass is 9.93. The molecular formula is C20H23FN2O2S. The Morgan fingerprint density at radius 3 is 2.58 bits per heavy atom. The zero-order valence-electron chi connectivity index (χ0n) is 14.8. The molecule has 1 saturated carbocycles. The van der Waals surface area contributed by atoms with E-state index in [1.807, 2.05) is 19.1 Å². The average Bonchev–Trinajstić information content (AvgIpc) is 2.65. The number of hydrogen-bond acceptors (Lipinski definition) is 4. The molecule has 1 heterocycles. The lowest BCUT2D eigenvalue weighted by Gasteiger charge is -2.29. The minimum Gasteiger partial charge on any atom is -0.474 e. The highest BCUT2D eigenvalue weighted by Crippen LogP contribution is 2.23. The number of carbonyl (C=O) groups excluding carboxylic acids is 1. The van der Waals surface area contributed by atoms with Gasteiger partial charge in [-0.15, -0.1) is 11.8 Å². The molecule has 6 heteroatoms. The van der Waals surface area contributed by atoms with E-state index in [0.29, 0.717) is 11.6 Å². The normalized spacial score (nSPS) is 19.8. The van der Waals surface area contributed by atoms with Gasteiger partial charge in [-0.05, 0) is 62.4 Å². The zero-order chi connectivity index (χ0) is 18.4. The Bertz CT molecular complexity index is 714. The minimum atomic E-state index is -0.265. The van der Waals surface area contributed by atoms with E-state index in [-0.39, 0.29) is 23.9 Å². The van der Waals surface area contributed by atoms with Crippen molar-refractivity contribution in [2.75, 3.05) is 5.75 Å². The van der Waals surface area contributed by atoms with Gasteiger partial charge in [0.1, 0.15) is 11.9 Å². The summed E-state index contributed by atoms with van der Waals surface area (Å²) in [5.41, 5.74) is 1.11. The van der Waals surface area contributed by atoms with Gasteiger partial charge in [0.25, 0.3) is 0 Å². The smallest absolute Gasteiger partial charge is 0.230 e. The minimum absolute atomic E-state index is 0.0175. The number of ether oxygens (including phenoxy) is 1. The summed E-state index contributed by atoms with van der Waals surface area (Å²) in [6.45, 7) is 2.00. The van der Waals surface area contributed by atoms with Crippen LogP contribution >= 0.6 is 11.8 Å². The molecule has 0 saturated heterocycles. The molecule has 3 rings (SSSR count). The third-order valence-electron chi connectivity index (χ3n) is 4.39. The van der Waals surface area contributed by atoms with Gasteiger partial charge >= 0.3 is 0 Å². The van der Waals surface area contributed by atoms with Gasteiger partial charge in [0.15, 0.2) is 0 Å². The molecule has 138 valence electrons. The number of halogens is 1. The van der Waals surface area contributed by atoms with Gasteiger partial charge in [0, 0.05) is 23.2 Å². The van der Waals surface area contributed by atoms with Crippen LogP contribution in [-0.2, 0) is 4.79 Å². The fourth-order valence-corrected chi connectivity index (χ4v) is 3.68. The fourth-order valence-electron chi connectivity index (χ4n) is 2.97. The van der Waals surface area contributed by atoms with E-state index in [2.05, 4.69) is 10.3 Å². The number of hydrogen-bond donors (Lipinski definition) is 1. The maximum Gasteiger partial charge on any atom is 0.230 e. The highest BCUT2D eigenvalue weighted by atomic mass is 32.2. The maximum atomic E-state index is 12.9. The number of pyridine rings is 1. The Morgan fingerprint density at radius 1 is 1.19 bits per heavy atom. The highest BCUT2D eigenvalue weighted by Gasteiger charge is 2.23. The van der Waals surface area contributed by atoms with E-state index in [0.717, 1.165) is 36.1 Å². The summed E-state index contributed by atoms with van der Waals surface area (Å²) in [7, 11) is 0. The summed E-state index contributed by atoms with van der Waals surface area (Å²) in [4.78, 5) is 17.3. The molecule has 0 atom stereocenters. The Kier molecular flexibility index (Phi) is 6.50. The fraction of sp³-hybridized carbons (Fsp3) is 0.400. The first-order valence-electron chi connectivity index (χ1n) is 8.85. The number of aromatic nitrogens is 1. The van der Waals surface area contributed by atoms with E-state index in [1.165, 1.54) is 23.9 Å². The summed E-state index contributed by atoms with van der Waals surface area (Å²) in [5.74, 6) is 0.760. The number of benzene rings is 1. The van der Waals surface area contributed by atoms with E-state index in [9.17, 15) is 9.18 Å². The average molecular weight is 374 g/mol. The molecule has 0 aliphatic heterocycles. The topological polar surface area (TPSA) is 51.2 Å². The van der Waals surface area contributed by atoms with Crippen molar-refractivity contribution >= 4 is 17.7 Å². The Balaban J connectivity index is 1.37. The molecule has 1 aliphatic carbocycles. The lowest BCUT2D eigenvalue weighted by molar-refractivity contribution is -0.119. The lowest BCUT2D eigenvalue weighted by Crippen LogP contribution is -2.40. The second kappa shape index (κ2) is 9.03. The van der Waals surface area contributed by atoms with Gasteiger partial charge in [0.2, 0.25) is 11.8 Å². The largest absolute Gasteiger partial charge is 0.474 e. The van der Waals surface area contributed by atoms with E-state index in [1.54, 1.807) is 18.3 Å². The van der Waals surface area contributed by atoms with Crippen LogP contribution in [0.25, 0.3) is 0 Å². The Labute approximate surface area is 157 Å². The summed E-state index contributed by atoms with van der Waals surface area (Å²) in [5, 5.41) is 3.09. The predicted octanol–water partition coefficient (Wildman–Crippen LogP) is 4.13. The van der Waals surface area contributed by atoms with Crippen LogP contribution in [0.5, 0.6) is 5.88 Å². The van der Waals surface area contributed by atoms with Crippen molar-refractivity contribution < 1.29 is 13.9 Å². The molecular weight excluding hydrogens is 351 g/mol. The van der Waals surface area contributed by atoms with Crippen LogP contribution in [0.1, 0.15) is 31.2 Å². The molecule has 1 aromatic carbocycles. The molecule has 0 spiro atoms. The van der Waals surface area contributed by atoms with Gasteiger partial charge in [-0.25, -0.2) is 9.37 Å². The first-order chi connectivity index (χ1) is 12.6. The van der Waals surface area contributed by atoms with Crippen molar-refractivity contribution in [3.05, 3.63) is 54.0 Å². The van der Waals surface area contributed by atoms with Crippen LogP contribution in [0.2, 0.25) is 0 Å². The van der Waals surface area contributed by atoms with Crippen molar-refractivity contribution in [2.45, 2.75) is 49.6 Å². The summed E-state index contributed by atoms with van der Waals surface area (Å²) < 4.78 is 18.8. The molecule has 1 fully saturated rings. The highest BCUT2D eigenvalue weighted by molar-refractivity contribution is 8.00. The second-order valence-electron chi connectivity index (χ2n) is 6.58. The number of thioether (sulfide) groups is 1. The molecule has 2 aromatic rings. The predicted molar refractivity (Wildman–Crippen MR) is 101 cm³/mol. The van der Waals surface area contributed by atoms with Crippen LogP contribution < -0.4 is 10.1 Å². The zero-order valence-corrected chi connectivity index (χ0v) is 15.6. The molecule has 1 aromatic heterocycles. The van der Waals surface area contributed by atoms with Gasteiger partial charge in [-0.1, -0.05) is 6.07 Å². The third-order valence-corrected chi connectivity index (χ3v) is 5.41. The number of nitrogens with zero attached hydrogens (tertiary/aromatic N) is 1. The molecule has 1 aliphatic rings. The van der Waals surface area contributed by atoms with E-state index in [4.69, 9.17) is 4.74 Å². The van der Waals surface area contributed by atoms with Crippen molar-refractivity contribution in [1.82, 2.24) is 10.3 Å². The number of carbonyl (C=O) groups is 1. The molecule has 1 N–H and O–H groups in total. The van der Waals surface area contributed by atoms with Gasteiger partial charge in [0.05, 0.1) is 5.75 Å². The Hall–Kier alpha value is -2.08. The SMILES string of the molecule is Cc1ccc(OC2CCC(NC(=O)CSc3ccc(F)cc3)CC2)nc1. The van der Waals surface area contributed by atoms with Crippen LogP contribution in [0.3, 0.4) is 0 Å². The molecule has 0 radical (unpaired) electrons. The molecule has 26 heavy (non-hydrogen) atoms. The second-order valence-corrected chi connectivity index (χ2v) is 7.62. The standard InChI is InChI=1S/C20H23FN2O2S/c1-14-2-11-20(22-12-14)25-17-7-5-16(6-8-17)23-19(24)13-26-18-9-3-15(21)4-10-18/h2-4,9-12,16-17H,5-8,13H2,1H3,(H,23,24). The summed E-state index contributed by atoms with van der Waals surface area (Å²) in [6, 6.07) is 10.3. The number of amides is 1. The van der Waals surface area contributed by atoms with Crippen LogP contribution in [0, 0.1) is 12.7 Å². The van der Waals surface area contributed by atoms with E-state index >= 15 is 0 Å². The Morgan fingerprint density at radius 2 is 1.92 bits per heavy atom. The maximum absolute atomic E-state index is 12.9.